The maximum Gasteiger partial charge on any atom is 0.185 e. The Kier molecular flexibility index (Phi) is 5.00. The summed E-state index contributed by atoms with van der Waals surface area (Å²) in [6.45, 7) is 5.14. The number of nitrogens with zero attached hydrogens (tertiary/aromatic N) is 2. The number of rotatable bonds is 5. The van der Waals surface area contributed by atoms with Crippen molar-refractivity contribution >= 4 is 43.7 Å². The van der Waals surface area contributed by atoms with Gasteiger partial charge in [-0.15, -0.1) is 22.7 Å². The quantitative estimate of drug-likeness (QED) is 0.867. The van der Waals surface area contributed by atoms with Crippen LogP contribution in [0.25, 0.3) is 0 Å². The molecule has 0 aliphatic heterocycles. The molecular formula is C13H18BrN3S2. The molecule has 0 saturated heterocycles. The SMILES string of the molecule is CNC(C)c1sc(N(C)Cc2csc(Br)c2)nc1C. The molecule has 0 aliphatic rings. The molecule has 2 heterocycles. The van der Waals surface area contributed by atoms with Gasteiger partial charge in [-0.3, -0.25) is 0 Å². The summed E-state index contributed by atoms with van der Waals surface area (Å²) in [6.07, 6.45) is 0. The fourth-order valence-corrected chi connectivity index (χ4v) is 4.15. The summed E-state index contributed by atoms with van der Waals surface area (Å²) >= 11 is 6.99. The van der Waals surface area contributed by atoms with E-state index in [9.17, 15) is 0 Å². The summed E-state index contributed by atoms with van der Waals surface area (Å²) in [5.41, 5.74) is 2.44. The Morgan fingerprint density at radius 1 is 1.53 bits per heavy atom. The number of halogens is 1. The Morgan fingerprint density at radius 2 is 2.26 bits per heavy atom. The molecule has 0 aromatic carbocycles. The highest BCUT2D eigenvalue weighted by Gasteiger charge is 2.15. The third kappa shape index (κ3) is 3.56. The van der Waals surface area contributed by atoms with E-state index in [2.05, 4.69) is 63.5 Å². The predicted octanol–water partition coefficient (Wildman–Crippen LogP) is 4.19. The lowest BCUT2D eigenvalue weighted by Gasteiger charge is -2.14. The molecule has 2 aromatic rings. The van der Waals surface area contributed by atoms with Crippen LogP contribution in [-0.2, 0) is 6.54 Å². The maximum atomic E-state index is 4.68. The van der Waals surface area contributed by atoms with Crippen molar-refractivity contribution in [3.05, 3.63) is 31.4 Å². The molecule has 0 radical (unpaired) electrons. The van der Waals surface area contributed by atoms with E-state index in [0.717, 1.165) is 17.4 Å². The van der Waals surface area contributed by atoms with Gasteiger partial charge in [-0.1, -0.05) is 0 Å². The summed E-state index contributed by atoms with van der Waals surface area (Å²) in [6, 6.07) is 2.52. The van der Waals surface area contributed by atoms with Crippen molar-refractivity contribution in [1.29, 1.82) is 0 Å². The molecule has 6 heteroatoms. The lowest BCUT2D eigenvalue weighted by molar-refractivity contribution is 0.658. The number of nitrogens with one attached hydrogen (secondary N) is 1. The average molecular weight is 360 g/mol. The lowest BCUT2D eigenvalue weighted by atomic mass is 10.2. The zero-order chi connectivity index (χ0) is 14.0. The molecule has 3 nitrogen and oxygen atoms in total. The van der Waals surface area contributed by atoms with Crippen molar-refractivity contribution in [2.75, 3.05) is 19.0 Å². The fourth-order valence-electron chi connectivity index (χ4n) is 1.86. The van der Waals surface area contributed by atoms with Gasteiger partial charge in [0.05, 0.1) is 9.48 Å². The Hall–Kier alpha value is -0.430. The van der Waals surface area contributed by atoms with Crippen LogP contribution in [0.1, 0.15) is 29.1 Å². The second-order valence-electron chi connectivity index (χ2n) is 4.57. The van der Waals surface area contributed by atoms with E-state index in [4.69, 9.17) is 0 Å². The number of thiazole rings is 1. The summed E-state index contributed by atoms with van der Waals surface area (Å²) in [5, 5.41) is 6.53. The minimum atomic E-state index is 0.356. The van der Waals surface area contributed by atoms with E-state index in [-0.39, 0.29) is 0 Å². The number of hydrogen-bond acceptors (Lipinski definition) is 5. The summed E-state index contributed by atoms with van der Waals surface area (Å²) in [4.78, 5) is 8.20. The second-order valence-corrected chi connectivity index (χ2v) is 7.87. The van der Waals surface area contributed by atoms with Crippen molar-refractivity contribution in [3.63, 3.8) is 0 Å². The normalized spacial score (nSPS) is 12.7. The number of anilines is 1. The number of aryl methyl sites for hydroxylation is 1. The minimum Gasteiger partial charge on any atom is -0.347 e. The van der Waals surface area contributed by atoms with Crippen LogP contribution in [0.3, 0.4) is 0 Å². The molecule has 2 rings (SSSR count). The van der Waals surface area contributed by atoms with Crippen LogP contribution in [0.2, 0.25) is 0 Å². The first-order valence-electron chi connectivity index (χ1n) is 6.10. The lowest BCUT2D eigenvalue weighted by Crippen LogP contribution is -2.15. The van der Waals surface area contributed by atoms with E-state index >= 15 is 0 Å². The Balaban J connectivity index is 2.13. The van der Waals surface area contributed by atoms with Crippen LogP contribution >= 0.6 is 38.6 Å². The number of aromatic nitrogens is 1. The summed E-state index contributed by atoms with van der Waals surface area (Å²) < 4.78 is 1.18. The molecule has 1 N–H and O–H groups in total. The van der Waals surface area contributed by atoms with Gasteiger partial charge in [-0.25, -0.2) is 4.98 Å². The van der Waals surface area contributed by atoms with Gasteiger partial charge in [-0.05, 0) is 53.8 Å². The average Bonchev–Trinajstić information content (AvgIpc) is 2.95. The third-order valence-corrected chi connectivity index (χ3v) is 6.02. The van der Waals surface area contributed by atoms with E-state index in [1.165, 1.54) is 14.2 Å². The molecule has 19 heavy (non-hydrogen) atoms. The molecule has 1 atom stereocenters. The van der Waals surface area contributed by atoms with Gasteiger partial charge in [0.25, 0.3) is 0 Å². The third-order valence-electron chi connectivity index (χ3n) is 3.02. The molecule has 1 unspecified atom stereocenters. The molecule has 0 amide bonds. The van der Waals surface area contributed by atoms with Crippen molar-refractivity contribution in [2.45, 2.75) is 26.4 Å². The predicted molar refractivity (Wildman–Crippen MR) is 88.5 cm³/mol. The first-order chi connectivity index (χ1) is 9.01. The smallest absolute Gasteiger partial charge is 0.185 e. The molecule has 2 aromatic heterocycles. The van der Waals surface area contributed by atoms with E-state index in [1.807, 2.05) is 7.05 Å². The van der Waals surface area contributed by atoms with Gasteiger partial charge in [0.1, 0.15) is 0 Å². The molecule has 0 spiro atoms. The van der Waals surface area contributed by atoms with E-state index in [0.29, 0.717) is 6.04 Å². The molecule has 0 aliphatic carbocycles. The van der Waals surface area contributed by atoms with Gasteiger partial charge < -0.3 is 10.2 Å². The highest BCUT2D eigenvalue weighted by atomic mass is 79.9. The van der Waals surface area contributed by atoms with Gasteiger partial charge >= 0.3 is 0 Å². The summed E-state index contributed by atoms with van der Waals surface area (Å²) in [5.74, 6) is 0. The molecule has 104 valence electrons. The van der Waals surface area contributed by atoms with Gasteiger partial charge in [-0.2, -0.15) is 0 Å². The van der Waals surface area contributed by atoms with Crippen molar-refractivity contribution in [1.82, 2.24) is 10.3 Å². The molecular weight excluding hydrogens is 342 g/mol. The molecule has 0 saturated carbocycles. The number of hydrogen-bond donors (Lipinski definition) is 1. The number of thiophene rings is 1. The van der Waals surface area contributed by atoms with Crippen LogP contribution in [0.4, 0.5) is 5.13 Å². The zero-order valence-electron chi connectivity index (χ0n) is 11.5. The van der Waals surface area contributed by atoms with Crippen molar-refractivity contribution < 1.29 is 0 Å². The van der Waals surface area contributed by atoms with E-state index < -0.39 is 0 Å². The largest absolute Gasteiger partial charge is 0.347 e. The van der Waals surface area contributed by atoms with Crippen LogP contribution < -0.4 is 10.2 Å². The van der Waals surface area contributed by atoms with E-state index in [1.54, 1.807) is 22.7 Å². The Labute approximate surface area is 130 Å². The van der Waals surface area contributed by atoms with Crippen LogP contribution in [0, 0.1) is 6.92 Å². The standard InChI is InChI=1S/C13H18BrN3S2/c1-8(15-3)12-9(2)16-13(19-12)17(4)6-10-5-11(14)18-7-10/h5,7-8,15H,6H2,1-4H3. The first kappa shape index (κ1) is 15.0. The highest BCUT2D eigenvalue weighted by Crippen LogP contribution is 2.31. The minimum absolute atomic E-state index is 0.356. The molecule has 0 bridgehead atoms. The fraction of sp³-hybridized carbons (Fsp3) is 0.462. The van der Waals surface area contributed by atoms with Gasteiger partial charge in [0, 0.05) is 24.5 Å². The Bertz CT molecular complexity index is 550. The van der Waals surface area contributed by atoms with Crippen LogP contribution in [0.15, 0.2) is 15.2 Å². The topological polar surface area (TPSA) is 28.2 Å². The highest BCUT2D eigenvalue weighted by molar-refractivity contribution is 9.11. The maximum absolute atomic E-state index is 4.68. The van der Waals surface area contributed by atoms with Crippen molar-refractivity contribution in [2.24, 2.45) is 0 Å². The first-order valence-corrected chi connectivity index (χ1v) is 8.58. The van der Waals surface area contributed by atoms with Crippen molar-refractivity contribution in [3.8, 4) is 0 Å². The monoisotopic (exact) mass is 359 g/mol. The molecule has 0 fully saturated rings. The van der Waals surface area contributed by atoms with Crippen LogP contribution in [-0.4, -0.2) is 19.1 Å². The Morgan fingerprint density at radius 3 is 2.84 bits per heavy atom. The van der Waals surface area contributed by atoms with Gasteiger partial charge in [0.2, 0.25) is 0 Å². The van der Waals surface area contributed by atoms with Crippen LogP contribution in [0.5, 0.6) is 0 Å². The summed E-state index contributed by atoms with van der Waals surface area (Å²) in [7, 11) is 4.08. The zero-order valence-corrected chi connectivity index (χ0v) is 14.7. The van der Waals surface area contributed by atoms with Gasteiger partial charge in [0.15, 0.2) is 5.13 Å². The second kappa shape index (κ2) is 6.35.